The smallest absolute Gasteiger partial charge is 0.291 e. The van der Waals surface area contributed by atoms with Crippen LogP contribution in [-0.2, 0) is 24.8 Å². The van der Waals surface area contributed by atoms with Crippen molar-refractivity contribution in [3.8, 4) is 0 Å². The molecule has 34 heavy (non-hydrogen) atoms. The Balaban J connectivity index is 1.44. The summed E-state index contributed by atoms with van der Waals surface area (Å²) in [4.78, 5) is 12.4. The largest absolute Gasteiger partial charge is 0.379 e. The fourth-order valence-electron chi connectivity index (χ4n) is 3.15. The number of nitrogens with zero attached hydrogens (tertiary/aromatic N) is 3. The highest BCUT2D eigenvalue weighted by molar-refractivity contribution is 7.94. The number of aromatic nitrogens is 2. The lowest BCUT2D eigenvalue weighted by Crippen LogP contribution is -2.40. The molecule has 0 bridgehead atoms. The minimum absolute atomic E-state index is 0.0267. The first-order valence-corrected chi connectivity index (χ1v) is 13.8. The van der Waals surface area contributed by atoms with Crippen LogP contribution in [0.1, 0.15) is 15.9 Å². The van der Waals surface area contributed by atoms with Gasteiger partial charge in [-0.05, 0) is 43.3 Å². The van der Waals surface area contributed by atoms with Crippen LogP contribution in [0.3, 0.4) is 0 Å². The topological polar surface area (TPSA) is 148 Å². The van der Waals surface area contributed by atoms with Gasteiger partial charge in [0.25, 0.3) is 20.3 Å². The Bertz CT molecular complexity index is 1400. The lowest BCUT2D eigenvalue weighted by Gasteiger charge is -2.26. The molecule has 1 saturated heterocycles. The van der Waals surface area contributed by atoms with Gasteiger partial charge in [-0.2, -0.15) is 12.7 Å². The third-order valence-electron chi connectivity index (χ3n) is 4.85. The zero-order valence-electron chi connectivity index (χ0n) is 18.0. The summed E-state index contributed by atoms with van der Waals surface area (Å²) in [6, 6.07) is 12.3. The number of carbonyl (C=O) groups excluding carboxylic acids is 1. The number of carbonyl (C=O) groups is 1. The van der Waals surface area contributed by atoms with E-state index in [1.807, 2.05) is 13.0 Å². The summed E-state index contributed by atoms with van der Waals surface area (Å²) >= 11 is 0.693. The van der Waals surface area contributed by atoms with Crippen molar-refractivity contribution in [3.05, 3.63) is 59.7 Å². The van der Waals surface area contributed by atoms with Crippen LogP contribution in [0.2, 0.25) is 0 Å². The summed E-state index contributed by atoms with van der Waals surface area (Å²) in [5.74, 6) is -0.436. The summed E-state index contributed by atoms with van der Waals surface area (Å²) in [6.45, 7) is 3.02. The Morgan fingerprint density at radius 3 is 2.41 bits per heavy atom. The number of hydrogen-bond donors (Lipinski definition) is 2. The molecule has 0 aliphatic carbocycles. The predicted octanol–water partition coefficient (Wildman–Crippen LogP) is 1.92. The molecule has 2 N–H and O–H groups in total. The maximum Gasteiger partial charge on any atom is 0.291 e. The minimum atomic E-state index is -4.10. The van der Waals surface area contributed by atoms with Crippen LogP contribution in [0, 0.1) is 6.92 Å². The Morgan fingerprint density at radius 2 is 1.74 bits per heavy atom. The molecule has 0 spiro atoms. The summed E-state index contributed by atoms with van der Waals surface area (Å²) in [7, 11) is -7.79. The molecule has 4 rings (SSSR count). The van der Waals surface area contributed by atoms with E-state index in [9.17, 15) is 21.6 Å². The molecule has 1 aromatic heterocycles. The number of ether oxygens (including phenoxy) is 1. The van der Waals surface area contributed by atoms with Crippen molar-refractivity contribution >= 4 is 48.1 Å². The molecule has 14 heteroatoms. The van der Waals surface area contributed by atoms with Gasteiger partial charge in [-0.15, -0.1) is 10.2 Å². The molecule has 1 aliphatic heterocycles. The summed E-state index contributed by atoms with van der Waals surface area (Å²) in [5, 5.41) is 9.95. The molecular weight excluding hydrogens is 502 g/mol. The van der Waals surface area contributed by atoms with Gasteiger partial charge in [0.05, 0.1) is 18.1 Å². The van der Waals surface area contributed by atoms with E-state index in [-0.39, 0.29) is 33.1 Å². The van der Waals surface area contributed by atoms with Crippen LogP contribution in [0.4, 0.5) is 10.8 Å². The van der Waals surface area contributed by atoms with Gasteiger partial charge in [0.1, 0.15) is 0 Å². The van der Waals surface area contributed by atoms with Crippen LogP contribution in [0.5, 0.6) is 0 Å². The van der Waals surface area contributed by atoms with Crippen molar-refractivity contribution in [3.63, 3.8) is 0 Å². The molecule has 0 saturated carbocycles. The van der Waals surface area contributed by atoms with Gasteiger partial charge in [-0.25, -0.2) is 8.42 Å². The highest BCUT2D eigenvalue weighted by Crippen LogP contribution is 2.25. The molecule has 0 unspecified atom stereocenters. The van der Waals surface area contributed by atoms with Crippen LogP contribution in [0.25, 0.3) is 0 Å². The van der Waals surface area contributed by atoms with Gasteiger partial charge in [0.2, 0.25) is 15.2 Å². The minimum Gasteiger partial charge on any atom is -0.379 e. The lowest BCUT2D eigenvalue weighted by molar-refractivity contribution is 0.0730. The molecule has 1 aliphatic rings. The highest BCUT2D eigenvalue weighted by Gasteiger charge is 2.27. The molecule has 2 aromatic carbocycles. The van der Waals surface area contributed by atoms with E-state index in [0.717, 1.165) is 5.56 Å². The maximum absolute atomic E-state index is 12.7. The van der Waals surface area contributed by atoms with E-state index in [4.69, 9.17) is 4.74 Å². The van der Waals surface area contributed by atoms with E-state index >= 15 is 0 Å². The summed E-state index contributed by atoms with van der Waals surface area (Å²) < 4.78 is 59.3. The lowest BCUT2D eigenvalue weighted by atomic mass is 10.1. The highest BCUT2D eigenvalue weighted by atomic mass is 32.2. The van der Waals surface area contributed by atoms with Crippen molar-refractivity contribution in [2.24, 2.45) is 0 Å². The van der Waals surface area contributed by atoms with Crippen LogP contribution in [0.15, 0.2) is 57.8 Å². The monoisotopic (exact) mass is 523 g/mol. The van der Waals surface area contributed by atoms with Gasteiger partial charge in [-0.1, -0.05) is 29.0 Å². The van der Waals surface area contributed by atoms with Gasteiger partial charge in [-0.3, -0.25) is 14.8 Å². The predicted molar refractivity (Wildman–Crippen MR) is 126 cm³/mol. The second-order valence-electron chi connectivity index (χ2n) is 7.34. The number of hydrogen-bond acceptors (Lipinski definition) is 9. The number of amides is 1. The molecule has 11 nitrogen and oxygen atoms in total. The molecule has 0 radical (unpaired) electrons. The number of sulfonamides is 2. The molecular formula is C20H21N5O6S3. The maximum atomic E-state index is 12.7. The fourth-order valence-corrected chi connectivity index (χ4v) is 6.52. The van der Waals surface area contributed by atoms with Crippen LogP contribution >= 0.6 is 11.3 Å². The number of anilines is 2. The average Bonchev–Trinajstić information content (AvgIpc) is 3.29. The van der Waals surface area contributed by atoms with Crippen molar-refractivity contribution in [2.45, 2.75) is 16.2 Å². The van der Waals surface area contributed by atoms with E-state index in [1.54, 1.807) is 18.2 Å². The summed E-state index contributed by atoms with van der Waals surface area (Å²) in [5.41, 5.74) is 1.47. The van der Waals surface area contributed by atoms with E-state index in [1.165, 1.54) is 28.6 Å². The first kappa shape index (κ1) is 24.2. The molecule has 3 aromatic rings. The Kier molecular flexibility index (Phi) is 6.95. The Labute approximate surface area is 200 Å². The first-order chi connectivity index (χ1) is 16.1. The fraction of sp³-hybridized carbons (Fsp3) is 0.250. The number of nitrogens with one attached hydrogen (secondary N) is 2. The first-order valence-electron chi connectivity index (χ1n) is 10.1. The van der Waals surface area contributed by atoms with Gasteiger partial charge in [0.15, 0.2) is 0 Å². The van der Waals surface area contributed by atoms with Gasteiger partial charge < -0.3 is 4.74 Å². The average molecular weight is 524 g/mol. The zero-order chi connectivity index (χ0) is 24.3. The quantitative estimate of drug-likeness (QED) is 0.447. The molecule has 180 valence electrons. The summed E-state index contributed by atoms with van der Waals surface area (Å²) in [6.07, 6.45) is 0. The second kappa shape index (κ2) is 9.76. The van der Waals surface area contributed by atoms with Crippen molar-refractivity contribution in [1.82, 2.24) is 14.5 Å². The van der Waals surface area contributed by atoms with E-state index < -0.39 is 26.0 Å². The number of rotatable bonds is 7. The van der Waals surface area contributed by atoms with E-state index in [0.29, 0.717) is 30.1 Å². The zero-order valence-corrected chi connectivity index (χ0v) is 20.4. The molecule has 2 heterocycles. The Hall–Kier alpha value is -2.91. The number of morpholine rings is 1. The molecule has 1 amide bonds. The van der Waals surface area contributed by atoms with Gasteiger partial charge >= 0.3 is 0 Å². The third-order valence-corrected chi connectivity index (χ3v) is 9.35. The van der Waals surface area contributed by atoms with Crippen LogP contribution in [-0.4, -0.2) is 63.5 Å². The van der Waals surface area contributed by atoms with Crippen molar-refractivity contribution in [1.29, 1.82) is 0 Å². The number of aryl methyl sites for hydroxylation is 1. The molecule has 1 fully saturated rings. The SMILES string of the molecule is Cc1cccc(C(=O)Nc2nnc(S(=O)(=O)Nc3ccc(S(=O)(=O)N4CCOCC4)cc3)s2)c1. The van der Waals surface area contributed by atoms with Crippen molar-refractivity contribution < 1.29 is 26.4 Å². The van der Waals surface area contributed by atoms with Crippen molar-refractivity contribution in [2.75, 3.05) is 36.3 Å². The standard InChI is InChI=1S/C20H21N5O6S3/c1-14-3-2-4-15(13-14)18(26)21-19-22-23-20(32-19)33(27,28)24-16-5-7-17(8-6-16)34(29,30)25-9-11-31-12-10-25/h2-8,13,24H,9-12H2,1H3,(H,21,22,26). The van der Waals surface area contributed by atoms with E-state index in [2.05, 4.69) is 20.2 Å². The number of benzene rings is 2. The third kappa shape index (κ3) is 5.42. The van der Waals surface area contributed by atoms with Crippen LogP contribution < -0.4 is 10.0 Å². The second-order valence-corrected chi connectivity index (χ2v) is 12.1. The Morgan fingerprint density at radius 1 is 1.03 bits per heavy atom. The van der Waals surface area contributed by atoms with Gasteiger partial charge in [0, 0.05) is 24.3 Å². The normalized spacial score (nSPS) is 15.1. The molecule has 0 atom stereocenters.